The molecule has 1 fully saturated rings. The van der Waals surface area contributed by atoms with Crippen LogP contribution in [0.15, 0.2) is 22.8 Å². The molecule has 5 nitrogen and oxygen atoms in total. The van der Waals surface area contributed by atoms with Crippen molar-refractivity contribution in [2.24, 2.45) is 0 Å². The van der Waals surface area contributed by atoms with Crippen molar-refractivity contribution in [1.82, 2.24) is 19.5 Å². The topological polar surface area (TPSA) is 45.5 Å². The molecule has 0 spiro atoms. The molecule has 0 radical (unpaired) electrons. The first-order valence-electron chi connectivity index (χ1n) is 7.72. The average molecular weight is 352 g/mol. The minimum Gasteiger partial charge on any atom is -0.353 e. The van der Waals surface area contributed by atoms with E-state index in [9.17, 15) is 0 Å². The molecule has 114 valence electrons. The van der Waals surface area contributed by atoms with Crippen LogP contribution in [-0.2, 0) is 0 Å². The molecule has 2 aromatic rings. The summed E-state index contributed by atoms with van der Waals surface area (Å²) >= 11 is 3.44. The fourth-order valence-electron chi connectivity index (χ4n) is 2.91. The second kappa shape index (κ2) is 6.75. The number of hydrogen-bond acceptors (Lipinski definition) is 4. The lowest BCUT2D eigenvalue weighted by molar-refractivity contribution is 0.160. The Morgan fingerprint density at radius 2 is 2.29 bits per heavy atom. The number of rotatable bonds is 5. The maximum absolute atomic E-state index is 4.46. The highest BCUT2D eigenvalue weighted by Crippen LogP contribution is 2.16. The predicted molar refractivity (Wildman–Crippen MR) is 88.7 cm³/mol. The maximum Gasteiger partial charge on any atom is 0.243 e. The summed E-state index contributed by atoms with van der Waals surface area (Å²) in [5.74, 6) is 0.708. The van der Waals surface area contributed by atoms with Gasteiger partial charge in [0.1, 0.15) is 0 Å². The number of likely N-dealkylation sites (tertiary alicyclic amines) is 1. The molecule has 0 aliphatic carbocycles. The van der Waals surface area contributed by atoms with Crippen molar-refractivity contribution in [1.29, 1.82) is 0 Å². The van der Waals surface area contributed by atoms with Gasteiger partial charge in [0.25, 0.3) is 0 Å². The van der Waals surface area contributed by atoms with Crippen LogP contribution in [-0.4, -0.2) is 45.2 Å². The molecule has 0 saturated carbocycles. The summed E-state index contributed by atoms with van der Waals surface area (Å²) in [6.45, 7) is 5.67. The number of pyridine rings is 1. The molecular formula is C15H22BrN5. The van der Waals surface area contributed by atoms with Gasteiger partial charge in [-0.25, -0.2) is 4.52 Å². The van der Waals surface area contributed by atoms with E-state index in [1.165, 1.54) is 25.8 Å². The fraction of sp³-hybridized carbons (Fsp3) is 0.600. The average Bonchev–Trinajstić information content (AvgIpc) is 2.87. The summed E-state index contributed by atoms with van der Waals surface area (Å²) in [6, 6.07) is 4.67. The Morgan fingerprint density at radius 3 is 3.14 bits per heavy atom. The second-order valence-corrected chi connectivity index (χ2v) is 6.66. The lowest BCUT2D eigenvalue weighted by Gasteiger charge is -2.33. The highest BCUT2D eigenvalue weighted by molar-refractivity contribution is 9.10. The van der Waals surface area contributed by atoms with Crippen molar-refractivity contribution in [2.45, 2.75) is 38.6 Å². The third-order valence-corrected chi connectivity index (χ3v) is 4.61. The SMILES string of the molecule is CC1CCCCN1CCCNc1nc2ccc(Br)cn2n1. The molecule has 3 heterocycles. The van der Waals surface area contributed by atoms with E-state index in [4.69, 9.17) is 0 Å². The van der Waals surface area contributed by atoms with E-state index in [1.54, 1.807) is 4.52 Å². The summed E-state index contributed by atoms with van der Waals surface area (Å²) in [7, 11) is 0. The van der Waals surface area contributed by atoms with Crippen LogP contribution in [0.1, 0.15) is 32.6 Å². The van der Waals surface area contributed by atoms with Gasteiger partial charge in [-0.3, -0.25) is 0 Å². The summed E-state index contributed by atoms with van der Waals surface area (Å²) in [5.41, 5.74) is 0.866. The Kier molecular flexibility index (Phi) is 4.75. The van der Waals surface area contributed by atoms with Crippen LogP contribution in [0.5, 0.6) is 0 Å². The zero-order valence-corrected chi connectivity index (χ0v) is 14.0. The quantitative estimate of drug-likeness (QED) is 0.840. The predicted octanol–water partition coefficient (Wildman–Crippen LogP) is 3.17. The Labute approximate surface area is 133 Å². The zero-order valence-electron chi connectivity index (χ0n) is 12.4. The number of hydrogen-bond donors (Lipinski definition) is 1. The monoisotopic (exact) mass is 351 g/mol. The second-order valence-electron chi connectivity index (χ2n) is 5.75. The van der Waals surface area contributed by atoms with Gasteiger partial charge in [0.05, 0.1) is 0 Å². The van der Waals surface area contributed by atoms with Crippen molar-refractivity contribution in [2.75, 3.05) is 25.0 Å². The third kappa shape index (κ3) is 3.74. The molecule has 0 bridgehead atoms. The Hall–Kier alpha value is -1.14. The van der Waals surface area contributed by atoms with E-state index in [2.05, 4.69) is 43.2 Å². The van der Waals surface area contributed by atoms with Gasteiger partial charge in [0.2, 0.25) is 5.95 Å². The number of aromatic nitrogens is 3. The van der Waals surface area contributed by atoms with Crippen LogP contribution in [0.2, 0.25) is 0 Å². The van der Waals surface area contributed by atoms with Gasteiger partial charge in [-0.1, -0.05) is 6.42 Å². The van der Waals surface area contributed by atoms with Gasteiger partial charge >= 0.3 is 0 Å². The highest BCUT2D eigenvalue weighted by Gasteiger charge is 2.17. The molecule has 1 N–H and O–H groups in total. The normalized spacial score (nSPS) is 20.0. The van der Waals surface area contributed by atoms with Crippen LogP contribution in [0, 0.1) is 0 Å². The van der Waals surface area contributed by atoms with Crippen molar-refractivity contribution < 1.29 is 0 Å². The first-order chi connectivity index (χ1) is 10.2. The van der Waals surface area contributed by atoms with Crippen LogP contribution in [0.3, 0.4) is 0 Å². The number of nitrogens with zero attached hydrogens (tertiary/aromatic N) is 4. The number of halogens is 1. The lowest BCUT2D eigenvalue weighted by atomic mass is 10.0. The molecule has 1 atom stereocenters. The van der Waals surface area contributed by atoms with Gasteiger partial charge in [-0.05, 0) is 60.8 Å². The van der Waals surface area contributed by atoms with Crippen molar-refractivity contribution in [3.63, 3.8) is 0 Å². The number of anilines is 1. The first-order valence-corrected chi connectivity index (χ1v) is 8.51. The van der Waals surface area contributed by atoms with Crippen molar-refractivity contribution in [3.8, 4) is 0 Å². The van der Waals surface area contributed by atoms with E-state index in [0.29, 0.717) is 5.95 Å². The summed E-state index contributed by atoms with van der Waals surface area (Å²) in [5, 5.41) is 7.75. The van der Waals surface area contributed by atoms with Gasteiger partial charge < -0.3 is 10.2 Å². The molecule has 21 heavy (non-hydrogen) atoms. The van der Waals surface area contributed by atoms with Crippen LogP contribution in [0.25, 0.3) is 5.65 Å². The molecule has 0 amide bonds. The minimum atomic E-state index is 0.708. The first kappa shape index (κ1) is 14.8. The Bertz CT molecular complexity index is 597. The van der Waals surface area contributed by atoms with Crippen molar-refractivity contribution in [3.05, 3.63) is 22.8 Å². The van der Waals surface area contributed by atoms with Crippen LogP contribution >= 0.6 is 15.9 Å². The molecule has 0 aromatic carbocycles. The minimum absolute atomic E-state index is 0.708. The van der Waals surface area contributed by atoms with Gasteiger partial charge in [0.15, 0.2) is 5.65 Å². The molecule has 1 saturated heterocycles. The summed E-state index contributed by atoms with van der Waals surface area (Å²) in [4.78, 5) is 7.06. The molecule has 3 rings (SSSR count). The third-order valence-electron chi connectivity index (χ3n) is 4.14. The highest BCUT2D eigenvalue weighted by atomic mass is 79.9. The number of fused-ring (bicyclic) bond motifs is 1. The van der Waals surface area contributed by atoms with Crippen LogP contribution < -0.4 is 5.32 Å². The number of nitrogens with one attached hydrogen (secondary N) is 1. The molecule has 6 heteroatoms. The zero-order chi connectivity index (χ0) is 14.7. The molecule has 1 unspecified atom stereocenters. The van der Waals surface area contributed by atoms with Crippen molar-refractivity contribution >= 4 is 27.5 Å². The molecular weight excluding hydrogens is 330 g/mol. The van der Waals surface area contributed by atoms with Gasteiger partial charge in [0, 0.05) is 29.8 Å². The summed E-state index contributed by atoms with van der Waals surface area (Å²) < 4.78 is 2.80. The van der Waals surface area contributed by atoms with Gasteiger partial charge in [-0.15, -0.1) is 5.10 Å². The maximum atomic E-state index is 4.46. The van der Waals surface area contributed by atoms with E-state index in [0.717, 1.165) is 35.7 Å². The fourth-order valence-corrected chi connectivity index (χ4v) is 3.23. The molecule has 1 aliphatic heterocycles. The van der Waals surface area contributed by atoms with E-state index < -0.39 is 0 Å². The Balaban J connectivity index is 1.48. The largest absolute Gasteiger partial charge is 0.353 e. The van der Waals surface area contributed by atoms with Crippen LogP contribution in [0.4, 0.5) is 5.95 Å². The van der Waals surface area contributed by atoms with Gasteiger partial charge in [-0.2, -0.15) is 4.98 Å². The molecule has 1 aliphatic rings. The van der Waals surface area contributed by atoms with E-state index in [-0.39, 0.29) is 0 Å². The van der Waals surface area contributed by atoms with E-state index in [1.807, 2.05) is 18.3 Å². The molecule has 2 aromatic heterocycles. The lowest BCUT2D eigenvalue weighted by Crippen LogP contribution is -2.38. The van der Waals surface area contributed by atoms with E-state index >= 15 is 0 Å². The summed E-state index contributed by atoms with van der Waals surface area (Å²) in [6.07, 6.45) is 7.13. The standard InChI is InChI=1S/C15H22BrN5/c1-12-5-2-3-9-20(12)10-4-8-17-15-18-14-7-6-13(16)11-21(14)19-15/h6-7,11-12H,2-5,8-10H2,1H3,(H,17,19). The number of piperidine rings is 1. The smallest absolute Gasteiger partial charge is 0.243 e. The Morgan fingerprint density at radius 1 is 1.38 bits per heavy atom.